The van der Waals surface area contributed by atoms with Gasteiger partial charge in [-0.25, -0.2) is 4.39 Å². The molecule has 0 spiro atoms. The van der Waals surface area contributed by atoms with E-state index in [1.54, 1.807) is 6.07 Å². The second-order valence-corrected chi connectivity index (χ2v) is 4.42. The van der Waals surface area contributed by atoms with Crippen molar-refractivity contribution in [2.45, 2.75) is 12.0 Å². The van der Waals surface area contributed by atoms with Gasteiger partial charge in [-0.05, 0) is 18.6 Å². The number of benzene rings is 1. The first kappa shape index (κ1) is 12.5. The van der Waals surface area contributed by atoms with E-state index >= 15 is 0 Å². The van der Waals surface area contributed by atoms with Gasteiger partial charge in [0.15, 0.2) is 0 Å². The van der Waals surface area contributed by atoms with Crippen LogP contribution in [0, 0.1) is 5.82 Å². The van der Waals surface area contributed by atoms with Crippen molar-refractivity contribution < 1.29 is 19.1 Å². The van der Waals surface area contributed by atoms with Crippen LogP contribution in [0.1, 0.15) is 16.8 Å². The molecule has 1 aromatic carbocycles. The molecule has 1 amide bonds. The molecule has 0 aromatic heterocycles. The lowest BCUT2D eigenvalue weighted by Gasteiger charge is -2.20. The Bertz CT molecular complexity index is 506. The number of carboxylic acids is 1. The van der Waals surface area contributed by atoms with E-state index in [-0.39, 0.29) is 25.1 Å². The van der Waals surface area contributed by atoms with Crippen molar-refractivity contribution in [1.29, 1.82) is 0 Å². The number of likely N-dealkylation sites (tertiary alicyclic amines) is 1. The number of carbonyl (C=O) groups excluding carboxylic acids is 1. The fourth-order valence-corrected chi connectivity index (χ4v) is 1.99. The highest BCUT2D eigenvalue weighted by atomic mass is 19.1. The number of hydrogen-bond donors (Lipinski definition) is 2. The Labute approximate surface area is 103 Å². The van der Waals surface area contributed by atoms with Crippen molar-refractivity contribution in [3.8, 4) is 0 Å². The molecule has 1 saturated heterocycles. The molecule has 1 fully saturated rings. The molecule has 0 bridgehead atoms. The van der Waals surface area contributed by atoms with Gasteiger partial charge in [-0.15, -0.1) is 0 Å². The Balaban J connectivity index is 2.18. The van der Waals surface area contributed by atoms with Gasteiger partial charge in [-0.2, -0.15) is 0 Å². The van der Waals surface area contributed by atoms with Crippen LogP contribution < -0.4 is 5.73 Å². The summed E-state index contributed by atoms with van der Waals surface area (Å²) in [6.45, 7) is 0.117. The number of carbonyl (C=O) groups is 2. The second-order valence-electron chi connectivity index (χ2n) is 4.42. The molecular formula is C12H13FN2O3. The number of hydrogen-bond acceptors (Lipinski definition) is 3. The first-order valence-corrected chi connectivity index (χ1v) is 5.50. The molecule has 3 N–H and O–H groups in total. The highest BCUT2D eigenvalue weighted by molar-refractivity contribution is 5.95. The first-order valence-electron chi connectivity index (χ1n) is 5.50. The minimum Gasteiger partial charge on any atom is -0.480 e. The van der Waals surface area contributed by atoms with E-state index in [1.807, 2.05) is 0 Å². The molecule has 18 heavy (non-hydrogen) atoms. The molecule has 0 aliphatic carbocycles. The monoisotopic (exact) mass is 252 g/mol. The molecule has 0 radical (unpaired) electrons. The van der Waals surface area contributed by atoms with Crippen LogP contribution in [0.15, 0.2) is 24.3 Å². The predicted octanol–water partition coefficient (Wildman–Crippen LogP) is 0.454. The Morgan fingerprint density at radius 2 is 2.06 bits per heavy atom. The Hall–Kier alpha value is -1.95. The summed E-state index contributed by atoms with van der Waals surface area (Å²) in [7, 11) is 0. The van der Waals surface area contributed by atoms with E-state index in [0.717, 1.165) is 0 Å². The molecule has 2 rings (SSSR count). The highest BCUT2D eigenvalue weighted by Crippen LogP contribution is 2.21. The average Bonchev–Trinajstić information content (AvgIpc) is 2.73. The zero-order valence-corrected chi connectivity index (χ0v) is 9.60. The van der Waals surface area contributed by atoms with Crippen molar-refractivity contribution in [3.05, 3.63) is 35.6 Å². The molecular weight excluding hydrogens is 239 g/mol. The standard InChI is InChI=1S/C12H13FN2O3/c13-9-4-2-1-3-8(9)10(16)15-6-5-12(14,7-15)11(17)18/h1-4H,5-7,14H2,(H,17,18). The number of amides is 1. The van der Waals surface area contributed by atoms with E-state index in [4.69, 9.17) is 10.8 Å². The maximum atomic E-state index is 13.4. The second kappa shape index (κ2) is 4.38. The Kier molecular flexibility index (Phi) is 3.04. The van der Waals surface area contributed by atoms with Gasteiger partial charge >= 0.3 is 5.97 Å². The number of carboxylic acid groups (broad SMARTS) is 1. The molecule has 1 aliphatic rings. The predicted molar refractivity (Wildman–Crippen MR) is 61.5 cm³/mol. The molecule has 1 atom stereocenters. The molecule has 96 valence electrons. The zero-order chi connectivity index (χ0) is 13.3. The van der Waals surface area contributed by atoms with Gasteiger partial charge in [0.25, 0.3) is 5.91 Å². The van der Waals surface area contributed by atoms with Crippen LogP contribution in [0.25, 0.3) is 0 Å². The van der Waals surface area contributed by atoms with Crippen molar-refractivity contribution >= 4 is 11.9 Å². The number of halogens is 1. The van der Waals surface area contributed by atoms with Gasteiger partial charge in [0.2, 0.25) is 0 Å². The van der Waals surface area contributed by atoms with E-state index in [2.05, 4.69) is 0 Å². The van der Waals surface area contributed by atoms with Crippen LogP contribution >= 0.6 is 0 Å². The fraction of sp³-hybridized carbons (Fsp3) is 0.333. The maximum Gasteiger partial charge on any atom is 0.325 e. The molecule has 1 unspecified atom stereocenters. The number of nitrogens with zero attached hydrogens (tertiary/aromatic N) is 1. The van der Waals surface area contributed by atoms with Gasteiger partial charge in [0.05, 0.1) is 5.56 Å². The van der Waals surface area contributed by atoms with Gasteiger partial charge in [-0.1, -0.05) is 12.1 Å². The summed E-state index contributed by atoms with van der Waals surface area (Å²) < 4.78 is 13.4. The topological polar surface area (TPSA) is 83.6 Å². The third-order valence-corrected chi connectivity index (χ3v) is 3.12. The first-order chi connectivity index (χ1) is 8.44. The van der Waals surface area contributed by atoms with E-state index in [0.29, 0.717) is 0 Å². The summed E-state index contributed by atoms with van der Waals surface area (Å²) in [6, 6.07) is 5.60. The molecule has 0 saturated carbocycles. The van der Waals surface area contributed by atoms with Crippen molar-refractivity contribution in [2.75, 3.05) is 13.1 Å². The number of nitrogens with two attached hydrogens (primary N) is 1. The highest BCUT2D eigenvalue weighted by Gasteiger charge is 2.43. The summed E-state index contributed by atoms with van der Waals surface area (Å²) in [5, 5.41) is 8.96. The van der Waals surface area contributed by atoms with E-state index in [9.17, 15) is 14.0 Å². The van der Waals surface area contributed by atoms with Gasteiger partial charge < -0.3 is 15.7 Å². The van der Waals surface area contributed by atoms with Crippen LogP contribution in [0.5, 0.6) is 0 Å². The quantitative estimate of drug-likeness (QED) is 0.800. The summed E-state index contributed by atoms with van der Waals surface area (Å²) in [5.41, 5.74) is 4.17. The largest absolute Gasteiger partial charge is 0.480 e. The Morgan fingerprint density at radius 3 is 2.61 bits per heavy atom. The van der Waals surface area contributed by atoms with Crippen LogP contribution in [0.3, 0.4) is 0 Å². The van der Waals surface area contributed by atoms with E-state index in [1.165, 1.54) is 23.1 Å². The number of rotatable bonds is 2. The number of aliphatic carboxylic acids is 1. The summed E-state index contributed by atoms with van der Waals surface area (Å²) in [4.78, 5) is 24.2. The lowest BCUT2D eigenvalue weighted by Crippen LogP contribution is -2.50. The third kappa shape index (κ3) is 2.06. The fourth-order valence-electron chi connectivity index (χ4n) is 1.99. The molecule has 6 heteroatoms. The summed E-state index contributed by atoms with van der Waals surface area (Å²) >= 11 is 0. The SMILES string of the molecule is NC1(C(=O)O)CCN(C(=O)c2ccccc2F)C1. The molecule has 5 nitrogen and oxygen atoms in total. The Morgan fingerprint density at radius 1 is 1.39 bits per heavy atom. The van der Waals surface area contributed by atoms with Gasteiger partial charge in [0, 0.05) is 13.1 Å². The summed E-state index contributed by atoms with van der Waals surface area (Å²) in [6.07, 6.45) is 0.169. The minimum absolute atomic E-state index is 0.0628. The van der Waals surface area contributed by atoms with Crippen molar-refractivity contribution in [2.24, 2.45) is 5.73 Å². The van der Waals surface area contributed by atoms with Crippen LogP contribution in [0.4, 0.5) is 4.39 Å². The van der Waals surface area contributed by atoms with Crippen molar-refractivity contribution in [1.82, 2.24) is 4.90 Å². The average molecular weight is 252 g/mol. The van der Waals surface area contributed by atoms with Gasteiger partial charge in [0.1, 0.15) is 11.4 Å². The third-order valence-electron chi connectivity index (χ3n) is 3.12. The lowest BCUT2D eigenvalue weighted by molar-refractivity contribution is -0.142. The maximum absolute atomic E-state index is 13.4. The smallest absolute Gasteiger partial charge is 0.325 e. The lowest BCUT2D eigenvalue weighted by atomic mass is 10.0. The van der Waals surface area contributed by atoms with Crippen LogP contribution in [-0.2, 0) is 4.79 Å². The van der Waals surface area contributed by atoms with Gasteiger partial charge in [-0.3, -0.25) is 9.59 Å². The normalized spacial score (nSPS) is 23.1. The van der Waals surface area contributed by atoms with Crippen molar-refractivity contribution in [3.63, 3.8) is 0 Å². The zero-order valence-electron chi connectivity index (χ0n) is 9.60. The molecule has 1 aromatic rings. The molecule has 1 heterocycles. The molecule has 1 aliphatic heterocycles. The summed E-state index contributed by atoms with van der Waals surface area (Å²) in [5.74, 6) is -2.29. The van der Waals surface area contributed by atoms with Crippen LogP contribution in [-0.4, -0.2) is 40.5 Å². The minimum atomic E-state index is -1.43. The van der Waals surface area contributed by atoms with Crippen LogP contribution in [0.2, 0.25) is 0 Å². The van der Waals surface area contributed by atoms with E-state index < -0.39 is 23.2 Å².